The Labute approximate surface area is 221 Å². The Morgan fingerprint density at radius 2 is 1.53 bits per heavy atom. The van der Waals surface area contributed by atoms with Crippen LogP contribution >= 0.6 is 0 Å². The van der Waals surface area contributed by atoms with Crippen molar-refractivity contribution < 1.29 is 21.6 Å². The quantitative estimate of drug-likeness (QED) is 0.323. The van der Waals surface area contributed by atoms with E-state index in [9.17, 15) is 21.6 Å². The number of aromatic nitrogens is 2. The van der Waals surface area contributed by atoms with Crippen molar-refractivity contribution in [1.82, 2.24) is 9.97 Å². The number of hydrogen-bond acceptors (Lipinski definition) is 7. The number of carbonyl (C=O) groups is 1. The van der Waals surface area contributed by atoms with Crippen molar-refractivity contribution in [3.8, 4) is 0 Å². The van der Waals surface area contributed by atoms with Crippen LogP contribution in [-0.2, 0) is 26.6 Å². The Balaban J connectivity index is 1.44. The monoisotopic (exact) mass is 551 g/mol. The number of hydrogen-bond donors (Lipinski definition) is 2. The lowest BCUT2D eigenvalue weighted by molar-refractivity contribution is 0.102. The summed E-state index contributed by atoms with van der Waals surface area (Å²) < 4.78 is 53.6. The maximum absolute atomic E-state index is 12.7. The largest absolute Gasteiger partial charge is 0.322 e. The summed E-state index contributed by atoms with van der Waals surface area (Å²) in [5.41, 5.74) is 2.55. The summed E-state index contributed by atoms with van der Waals surface area (Å²) in [4.78, 5) is 20.7. The predicted octanol–water partition coefficient (Wildman–Crippen LogP) is 3.80. The minimum absolute atomic E-state index is 0.0239. The number of aryl methyl sites for hydroxylation is 1. The van der Waals surface area contributed by atoms with Gasteiger partial charge in [0.05, 0.1) is 23.4 Å². The molecule has 1 heterocycles. The first-order valence-electron chi connectivity index (χ1n) is 11.4. The van der Waals surface area contributed by atoms with Crippen molar-refractivity contribution in [2.75, 3.05) is 20.6 Å². The number of benzene rings is 3. The van der Waals surface area contributed by atoms with Gasteiger partial charge in [0.1, 0.15) is 0 Å². The van der Waals surface area contributed by atoms with Crippen molar-refractivity contribution in [3.05, 3.63) is 108 Å². The third kappa shape index (κ3) is 6.72. The zero-order chi connectivity index (χ0) is 27.3. The second-order valence-corrected chi connectivity index (χ2v) is 12.0. The van der Waals surface area contributed by atoms with E-state index in [2.05, 4.69) is 20.0 Å². The van der Waals surface area contributed by atoms with Gasteiger partial charge in [-0.15, -0.1) is 0 Å². The molecule has 0 saturated carbocycles. The summed E-state index contributed by atoms with van der Waals surface area (Å²) in [6, 6.07) is 22.6. The van der Waals surface area contributed by atoms with E-state index in [0.717, 1.165) is 11.8 Å². The molecule has 0 aliphatic rings. The van der Waals surface area contributed by atoms with Crippen LogP contribution in [0.1, 0.15) is 21.6 Å². The van der Waals surface area contributed by atoms with Gasteiger partial charge in [0, 0.05) is 23.1 Å². The number of amides is 1. The first kappa shape index (κ1) is 26.8. The Kier molecular flexibility index (Phi) is 7.74. The summed E-state index contributed by atoms with van der Waals surface area (Å²) in [7, 11) is -7.48. The van der Waals surface area contributed by atoms with Crippen LogP contribution in [0.15, 0.2) is 96.0 Å². The van der Waals surface area contributed by atoms with E-state index >= 15 is 0 Å². The van der Waals surface area contributed by atoms with Crippen LogP contribution in [0.5, 0.6) is 0 Å². The fourth-order valence-electron chi connectivity index (χ4n) is 3.53. The molecule has 0 aliphatic heterocycles. The van der Waals surface area contributed by atoms with Crippen molar-refractivity contribution in [2.45, 2.75) is 18.4 Å². The molecule has 0 fully saturated rings. The summed E-state index contributed by atoms with van der Waals surface area (Å²) in [6.07, 6.45) is 2.58. The van der Waals surface area contributed by atoms with Crippen molar-refractivity contribution in [1.29, 1.82) is 0 Å². The molecule has 0 unspecified atom stereocenters. The van der Waals surface area contributed by atoms with E-state index in [4.69, 9.17) is 0 Å². The average molecular weight is 552 g/mol. The minimum Gasteiger partial charge on any atom is -0.322 e. The van der Waals surface area contributed by atoms with E-state index in [-0.39, 0.29) is 17.4 Å². The van der Waals surface area contributed by atoms with Gasteiger partial charge in [-0.3, -0.25) is 9.10 Å². The molecule has 0 aliphatic carbocycles. The lowest BCUT2D eigenvalue weighted by atomic mass is 10.1. The summed E-state index contributed by atoms with van der Waals surface area (Å²) in [5, 5.41) is 2.70. The summed E-state index contributed by atoms with van der Waals surface area (Å²) >= 11 is 0. The topological polar surface area (TPSA) is 138 Å². The maximum atomic E-state index is 12.7. The fraction of sp³-hybridized carbons (Fsp3) is 0.115. The van der Waals surface area contributed by atoms with Gasteiger partial charge >= 0.3 is 0 Å². The molecule has 196 valence electrons. The first-order valence-corrected chi connectivity index (χ1v) is 14.7. The fourth-order valence-corrected chi connectivity index (χ4v) is 5.37. The SMILES string of the molecule is Cc1ccnc(NS(=O)(=O)c2ccc(NC(=O)c3ccc(N(Cc4ccccc4)S(C)(=O)=O)cc3)cc2)n1. The van der Waals surface area contributed by atoms with E-state index in [0.29, 0.717) is 22.6 Å². The van der Waals surface area contributed by atoms with Crippen molar-refractivity contribution in [3.63, 3.8) is 0 Å². The number of nitrogens with one attached hydrogen (secondary N) is 2. The number of carbonyl (C=O) groups excluding carboxylic acids is 1. The van der Waals surface area contributed by atoms with Crippen molar-refractivity contribution in [2.24, 2.45) is 0 Å². The van der Waals surface area contributed by atoms with E-state index in [1.54, 1.807) is 25.1 Å². The van der Waals surface area contributed by atoms with Gasteiger partial charge in [0.15, 0.2) is 0 Å². The van der Waals surface area contributed by atoms with Gasteiger partial charge in [0.25, 0.3) is 15.9 Å². The second kappa shape index (κ2) is 11.0. The third-order valence-electron chi connectivity index (χ3n) is 5.43. The number of sulfonamides is 2. The minimum atomic E-state index is -3.92. The predicted molar refractivity (Wildman–Crippen MR) is 146 cm³/mol. The molecule has 38 heavy (non-hydrogen) atoms. The summed E-state index contributed by atoms with van der Waals surface area (Å²) in [5.74, 6) is -0.476. The standard InChI is InChI=1S/C26H25N5O5S2/c1-19-16-17-27-26(28-19)30-38(35,36)24-14-10-22(11-15-24)29-25(32)21-8-12-23(13-9-21)31(37(2,33)34)18-20-6-4-3-5-7-20/h3-17H,18H2,1-2H3,(H,29,32)(H,27,28,30). The highest BCUT2D eigenvalue weighted by Crippen LogP contribution is 2.22. The number of nitrogens with zero attached hydrogens (tertiary/aromatic N) is 3. The van der Waals surface area contributed by atoms with E-state index in [1.165, 1.54) is 46.9 Å². The van der Waals surface area contributed by atoms with Crippen LogP contribution in [0.4, 0.5) is 17.3 Å². The summed E-state index contributed by atoms with van der Waals surface area (Å²) in [6.45, 7) is 1.88. The highest BCUT2D eigenvalue weighted by molar-refractivity contribution is 7.92. The molecular formula is C26H25N5O5S2. The Bertz CT molecular complexity index is 1640. The van der Waals surface area contributed by atoms with Crippen LogP contribution in [0, 0.1) is 6.92 Å². The van der Waals surface area contributed by atoms with Crippen LogP contribution in [0.3, 0.4) is 0 Å². The van der Waals surface area contributed by atoms with Gasteiger partial charge in [-0.25, -0.2) is 31.5 Å². The molecular weight excluding hydrogens is 526 g/mol. The third-order valence-corrected chi connectivity index (χ3v) is 7.91. The smallest absolute Gasteiger partial charge is 0.264 e. The molecule has 0 saturated heterocycles. The van der Waals surface area contributed by atoms with Gasteiger partial charge in [-0.2, -0.15) is 0 Å². The Morgan fingerprint density at radius 3 is 2.13 bits per heavy atom. The maximum Gasteiger partial charge on any atom is 0.264 e. The second-order valence-electron chi connectivity index (χ2n) is 8.41. The number of anilines is 3. The van der Waals surface area contributed by atoms with E-state index < -0.39 is 26.0 Å². The van der Waals surface area contributed by atoms with Crippen LogP contribution in [0.25, 0.3) is 0 Å². The molecule has 1 aromatic heterocycles. The molecule has 1 amide bonds. The van der Waals surface area contributed by atoms with Crippen LogP contribution < -0.4 is 14.3 Å². The molecule has 2 N–H and O–H groups in total. The van der Waals surface area contributed by atoms with Gasteiger partial charge in [-0.05, 0) is 67.1 Å². The molecule has 0 spiro atoms. The molecule has 12 heteroatoms. The lowest BCUT2D eigenvalue weighted by Crippen LogP contribution is -2.29. The lowest BCUT2D eigenvalue weighted by Gasteiger charge is -2.22. The van der Waals surface area contributed by atoms with Gasteiger partial charge < -0.3 is 5.32 Å². The number of rotatable bonds is 9. The molecule has 4 rings (SSSR count). The zero-order valence-corrected chi connectivity index (χ0v) is 22.2. The van der Waals surface area contributed by atoms with Crippen molar-refractivity contribution >= 4 is 43.3 Å². The Morgan fingerprint density at radius 1 is 0.868 bits per heavy atom. The van der Waals surface area contributed by atoms with Crippen LogP contribution in [0.2, 0.25) is 0 Å². The average Bonchev–Trinajstić information content (AvgIpc) is 2.87. The molecule has 10 nitrogen and oxygen atoms in total. The molecule has 4 aromatic rings. The molecule has 3 aromatic carbocycles. The van der Waals surface area contributed by atoms with Gasteiger partial charge in [-0.1, -0.05) is 30.3 Å². The normalized spacial score (nSPS) is 11.5. The first-order chi connectivity index (χ1) is 18.0. The van der Waals surface area contributed by atoms with E-state index in [1.807, 2.05) is 30.3 Å². The Hall–Kier alpha value is -4.29. The molecule has 0 atom stereocenters. The van der Waals surface area contributed by atoms with Gasteiger partial charge in [0.2, 0.25) is 16.0 Å². The van der Waals surface area contributed by atoms with Crippen LogP contribution in [-0.4, -0.2) is 39.0 Å². The molecule has 0 bridgehead atoms. The molecule has 0 radical (unpaired) electrons. The highest BCUT2D eigenvalue weighted by Gasteiger charge is 2.19. The highest BCUT2D eigenvalue weighted by atomic mass is 32.2. The zero-order valence-electron chi connectivity index (χ0n) is 20.6.